The van der Waals surface area contributed by atoms with Gasteiger partial charge in [0, 0.05) is 25.5 Å². The third kappa shape index (κ3) is 4.09. The monoisotopic (exact) mass is 237 g/mol. The van der Waals surface area contributed by atoms with Crippen molar-refractivity contribution in [3.8, 4) is 0 Å². The lowest BCUT2D eigenvalue weighted by molar-refractivity contribution is -0.140. The van der Waals surface area contributed by atoms with Crippen LogP contribution in [0.25, 0.3) is 0 Å². The summed E-state index contributed by atoms with van der Waals surface area (Å²) in [5.41, 5.74) is 0. The molecule has 1 heterocycles. The molecule has 0 aromatic carbocycles. The summed E-state index contributed by atoms with van der Waals surface area (Å²) in [6.07, 6.45) is -1.63. The van der Waals surface area contributed by atoms with Crippen LogP contribution in [0, 0.1) is 0 Å². The molecule has 1 aromatic heterocycles. The standard InChI is InChI=1S/C9H14F3N3O/c1-7(5-16-2)14-8-13-3-4-15(8)6-9(10,11)12/h3-4,7H,5-6H2,1-2H3,(H,13,14). The summed E-state index contributed by atoms with van der Waals surface area (Å²) in [4.78, 5) is 3.82. The van der Waals surface area contributed by atoms with E-state index in [2.05, 4.69) is 10.3 Å². The van der Waals surface area contributed by atoms with Crippen molar-refractivity contribution in [1.29, 1.82) is 0 Å². The summed E-state index contributed by atoms with van der Waals surface area (Å²) in [7, 11) is 1.53. The molecule has 1 unspecified atom stereocenters. The van der Waals surface area contributed by atoms with Crippen LogP contribution in [0.3, 0.4) is 0 Å². The quantitative estimate of drug-likeness (QED) is 0.850. The average molecular weight is 237 g/mol. The molecule has 0 aliphatic rings. The van der Waals surface area contributed by atoms with Crippen molar-refractivity contribution in [3.05, 3.63) is 12.4 Å². The van der Waals surface area contributed by atoms with Crippen molar-refractivity contribution in [2.45, 2.75) is 25.7 Å². The van der Waals surface area contributed by atoms with Gasteiger partial charge in [0.05, 0.1) is 6.61 Å². The van der Waals surface area contributed by atoms with Crippen molar-refractivity contribution < 1.29 is 17.9 Å². The van der Waals surface area contributed by atoms with Gasteiger partial charge in [-0.05, 0) is 6.92 Å². The summed E-state index contributed by atoms with van der Waals surface area (Å²) in [5, 5.41) is 2.84. The fourth-order valence-electron chi connectivity index (χ4n) is 1.28. The van der Waals surface area contributed by atoms with Crippen molar-refractivity contribution in [1.82, 2.24) is 9.55 Å². The Morgan fingerprint density at radius 1 is 1.56 bits per heavy atom. The molecule has 16 heavy (non-hydrogen) atoms. The fourth-order valence-corrected chi connectivity index (χ4v) is 1.28. The molecular weight excluding hydrogens is 223 g/mol. The van der Waals surface area contributed by atoms with Crippen LogP contribution in [0.2, 0.25) is 0 Å². The lowest BCUT2D eigenvalue weighted by Crippen LogP contribution is -2.25. The Balaban J connectivity index is 2.63. The van der Waals surface area contributed by atoms with E-state index in [-0.39, 0.29) is 12.0 Å². The molecule has 4 nitrogen and oxygen atoms in total. The zero-order valence-corrected chi connectivity index (χ0v) is 9.08. The topological polar surface area (TPSA) is 39.1 Å². The number of hydrogen-bond donors (Lipinski definition) is 1. The molecule has 0 fully saturated rings. The Bertz CT molecular complexity index is 324. The number of hydrogen-bond acceptors (Lipinski definition) is 3. The highest BCUT2D eigenvalue weighted by atomic mass is 19.4. The second-order valence-electron chi connectivity index (χ2n) is 3.49. The Hall–Kier alpha value is -1.24. The van der Waals surface area contributed by atoms with E-state index >= 15 is 0 Å². The first-order valence-electron chi connectivity index (χ1n) is 4.75. The van der Waals surface area contributed by atoms with E-state index in [4.69, 9.17) is 4.74 Å². The van der Waals surface area contributed by atoms with Gasteiger partial charge in [-0.1, -0.05) is 0 Å². The van der Waals surface area contributed by atoms with E-state index in [0.29, 0.717) is 6.61 Å². The van der Waals surface area contributed by atoms with E-state index in [9.17, 15) is 13.2 Å². The van der Waals surface area contributed by atoms with Gasteiger partial charge < -0.3 is 14.6 Å². The van der Waals surface area contributed by atoms with Crippen LogP contribution >= 0.6 is 0 Å². The van der Waals surface area contributed by atoms with Crippen molar-refractivity contribution in [2.24, 2.45) is 0 Å². The number of aromatic nitrogens is 2. The molecule has 1 N–H and O–H groups in total. The molecule has 92 valence electrons. The summed E-state index contributed by atoms with van der Waals surface area (Å²) in [6.45, 7) is 1.16. The SMILES string of the molecule is COCC(C)Nc1nccn1CC(F)(F)F. The molecule has 0 saturated carbocycles. The third-order valence-electron chi connectivity index (χ3n) is 1.86. The Morgan fingerprint density at radius 2 is 2.25 bits per heavy atom. The number of anilines is 1. The average Bonchev–Trinajstić information content (AvgIpc) is 2.50. The number of halogens is 3. The normalized spacial score (nSPS) is 13.8. The minimum atomic E-state index is -4.25. The molecular formula is C9H14F3N3O. The van der Waals surface area contributed by atoms with E-state index in [1.807, 2.05) is 0 Å². The second-order valence-corrected chi connectivity index (χ2v) is 3.49. The van der Waals surface area contributed by atoms with Gasteiger partial charge in [-0.3, -0.25) is 0 Å². The predicted octanol–water partition coefficient (Wildman–Crippen LogP) is 1.89. The van der Waals surface area contributed by atoms with Gasteiger partial charge in [0.1, 0.15) is 6.54 Å². The molecule has 0 aliphatic carbocycles. The number of ether oxygens (including phenoxy) is 1. The molecule has 0 saturated heterocycles. The van der Waals surface area contributed by atoms with Crippen LogP contribution in [-0.4, -0.2) is 35.5 Å². The zero-order valence-electron chi connectivity index (χ0n) is 9.08. The largest absolute Gasteiger partial charge is 0.406 e. The Kier molecular flexibility index (Phi) is 4.17. The third-order valence-corrected chi connectivity index (χ3v) is 1.86. The van der Waals surface area contributed by atoms with E-state index < -0.39 is 12.7 Å². The summed E-state index contributed by atoms with van der Waals surface area (Å²) in [6, 6.07) is -0.0978. The molecule has 0 aliphatic heterocycles. The summed E-state index contributed by atoms with van der Waals surface area (Å²) < 4.78 is 42.4. The van der Waals surface area contributed by atoms with Crippen LogP contribution in [0.4, 0.5) is 19.1 Å². The molecule has 1 atom stereocenters. The van der Waals surface area contributed by atoms with Crippen LogP contribution in [-0.2, 0) is 11.3 Å². The summed E-state index contributed by atoms with van der Waals surface area (Å²) in [5.74, 6) is 0.196. The van der Waals surface area contributed by atoms with Crippen molar-refractivity contribution in [3.63, 3.8) is 0 Å². The predicted molar refractivity (Wildman–Crippen MR) is 53.2 cm³/mol. The molecule has 1 rings (SSSR count). The minimum absolute atomic E-state index is 0.0978. The lowest BCUT2D eigenvalue weighted by Gasteiger charge is -2.16. The first-order chi connectivity index (χ1) is 7.42. The maximum atomic E-state index is 12.2. The van der Waals surface area contributed by atoms with Crippen molar-refractivity contribution >= 4 is 5.95 Å². The number of rotatable bonds is 5. The van der Waals surface area contributed by atoms with Gasteiger partial charge in [-0.25, -0.2) is 4.98 Å². The maximum absolute atomic E-state index is 12.2. The highest BCUT2D eigenvalue weighted by Gasteiger charge is 2.28. The van der Waals surface area contributed by atoms with Crippen LogP contribution in [0.15, 0.2) is 12.4 Å². The number of nitrogens with zero attached hydrogens (tertiary/aromatic N) is 2. The fraction of sp³-hybridized carbons (Fsp3) is 0.667. The first kappa shape index (κ1) is 12.8. The molecule has 1 aromatic rings. The van der Waals surface area contributed by atoms with E-state index in [1.165, 1.54) is 19.5 Å². The number of methoxy groups -OCH3 is 1. The summed E-state index contributed by atoms with van der Waals surface area (Å²) >= 11 is 0. The van der Waals surface area contributed by atoms with Gasteiger partial charge >= 0.3 is 6.18 Å². The molecule has 0 spiro atoms. The molecule has 0 bridgehead atoms. The van der Waals surface area contributed by atoms with Gasteiger partial charge in [0.15, 0.2) is 0 Å². The molecule has 0 radical (unpaired) electrons. The molecule has 7 heteroatoms. The number of alkyl halides is 3. The highest BCUT2D eigenvalue weighted by Crippen LogP contribution is 2.19. The van der Waals surface area contributed by atoms with Crippen LogP contribution in [0.1, 0.15) is 6.92 Å². The maximum Gasteiger partial charge on any atom is 0.406 e. The van der Waals surface area contributed by atoms with Gasteiger partial charge in [-0.2, -0.15) is 13.2 Å². The van der Waals surface area contributed by atoms with Crippen LogP contribution in [0.5, 0.6) is 0 Å². The zero-order chi connectivity index (χ0) is 12.2. The van der Waals surface area contributed by atoms with E-state index in [0.717, 1.165) is 4.57 Å². The Labute approximate surface area is 91.4 Å². The molecule has 0 amide bonds. The first-order valence-corrected chi connectivity index (χ1v) is 4.75. The lowest BCUT2D eigenvalue weighted by atomic mass is 10.4. The van der Waals surface area contributed by atoms with Gasteiger partial charge in [0.2, 0.25) is 5.95 Å². The smallest absolute Gasteiger partial charge is 0.383 e. The van der Waals surface area contributed by atoms with E-state index in [1.54, 1.807) is 6.92 Å². The second kappa shape index (κ2) is 5.20. The highest BCUT2D eigenvalue weighted by molar-refractivity contribution is 5.27. The minimum Gasteiger partial charge on any atom is -0.383 e. The van der Waals surface area contributed by atoms with Gasteiger partial charge in [0.25, 0.3) is 0 Å². The van der Waals surface area contributed by atoms with Crippen LogP contribution < -0.4 is 5.32 Å². The van der Waals surface area contributed by atoms with Crippen molar-refractivity contribution in [2.75, 3.05) is 19.0 Å². The Morgan fingerprint density at radius 3 is 2.81 bits per heavy atom. The number of nitrogens with one attached hydrogen (secondary N) is 1. The number of imidazole rings is 1. The van der Waals surface area contributed by atoms with Gasteiger partial charge in [-0.15, -0.1) is 0 Å².